The highest BCUT2D eigenvalue weighted by Crippen LogP contribution is 2.35. The summed E-state index contributed by atoms with van der Waals surface area (Å²) in [4.78, 5) is 2.17. The van der Waals surface area contributed by atoms with Crippen LogP contribution in [0, 0.1) is 0 Å². The zero-order valence-electron chi connectivity index (χ0n) is 10.6. The van der Waals surface area contributed by atoms with Crippen LogP contribution in [0.3, 0.4) is 0 Å². The van der Waals surface area contributed by atoms with E-state index in [1.165, 1.54) is 7.11 Å². The zero-order chi connectivity index (χ0) is 13.0. The van der Waals surface area contributed by atoms with Crippen molar-refractivity contribution >= 4 is 0 Å². The molecule has 1 aromatic rings. The summed E-state index contributed by atoms with van der Waals surface area (Å²) in [6.07, 6.45) is 0. The molecule has 1 heterocycles. The third-order valence-electron chi connectivity index (χ3n) is 3.37. The highest BCUT2D eigenvalue weighted by Gasteiger charge is 2.24. The van der Waals surface area contributed by atoms with Crippen molar-refractivity contribution < 1.29 is 14.9 Å². The summed E-state index contributed by atoms with van der Waals surface area (Å²) in [5.41, 5.74) is 0.721. The van der Waals surface area contributed by atoms with Gasteiger partial charge in [-0.15, -0.1) is 0 Å². The molecule has 5 nitrogen and oxygen atoms in total. The fourth-order valence-corrected chi connectivity index (χ4v) is 2.38. The van der Waals surface area contributed by atoms with Gasteiger partial charge in [-0.25, -0.2) is 0 Å². The van der Waals surface area contributed by atoms with Gasteiger partial charge < -0.3 is 20.3 Å². The number of hydrogen-bond donors (Lipinski definition) is 3. The molecular weight excluding hydrogens is 232 g/mol. The van der Waals surface area contributed by atoms with Crippen molar-refractivity contribution in [1.82, 2.24) is 10.2 Å². The van der Waals surface area contributed by atoms with E-state index in [2.05, 4.69) is 10.2 Å². The monoisotopic (exact) mass is 252 g/mol. The first kappa shape index (κ1) is 13.1. The van der Waals surface area contributed by atoms with Crippen molar-refractivity contribution in [2.75, 3.05) is 39.9 Å². The summed E-state index contributed by atoms with van der Waals surface area (Å²) in [6, 6.07) is 5.20. The number of para-hydroxylation sites is 1. The topological polar surface area (TPSA) is 65.0 Å². The molecule has 0 aliphatic carbocycles. The fraction of sp³-hybridized carbons (Fsp3) is 0.538. The lowest BCUT2D eigenvalue weighted by Gasteiger charge is -2.34. The number of hydrogen-bond acceptors (Lipinski definition) is 5. The molecule has 0 spiro atoms. The first-order valence-electron chi connectivity index (χ1n) is 6.19. The maximum atomic E-state index is 10.1. The van der Waals surface area contributed by atoms with Crippen LogP contribution in [0.15, 0.2) is 18.2 Å². The predicted molar refractivity (Wildman–Crippen MR) is 68.9 cm³/mol. The van der Waals surface area contributed by atoms with Gasteiger partial charge in [-0.05, 0) is 6.07 Å². The van der Waals surface area contributed by atoms with Crippen molar-refractivity contribution in [2.45, 2.75) is 6.04 Å². The van der Waals surface area contributed by atoms with E-state index in [4.69, 9.17) is 4.74 Å². The van der Waals surface area contributed by atoms with Crippen molar-refractivity contribution in [2.24, 2.45) is 0 Å². The Hall–Kier alpha value is -1.30. The number of aromatic hydroxyl groups is 1. The van der Waals surface area contributed by atoms with Gasteiger partial charge in [0.15, 0.2) is 11.5 Å². The summed E-state index contributed by atoms with van der Waals surface area (Å²) in [5, 5.41) is 23.0. The number of phenols is 1. The van der Waals surface area contributed by atoms with Crippen molar-refractivity contribution in [3.63, 3.8) is 0 Å². The molecule has 0 unspecified atom stereocenters. The normalized spacial score (nSPS) is 18.6. The number of rotatable bonds is 4. The number of nitrogens with zero attached hydrogens (tertiary/aromatic N) is 1. The van der Waals surface area contributed by atoms with Gasteiger partial charge in [-0.3, -0.25) is 4.90 Å². The van der Waals surface area contributed by atoms with Crippen LogP contribution in [0.4, 0.5) is 0 Å². The number of ether oxygens (including phenoxy) is 1. The van der Waals surface area contributed by atoms with Gasteiger partial charge in [-0.1, -0.05) is 12.1 Å². The minimum atomic E-state index is -0.179. The summed E-state index contributed by atoms with van der Waals surface area (Å²) in [5.74, 6) is 0.568. The second-order valence-electron chi connectivity index (χ2n) is 4.38. The van der Waals surface area contributed by atoms with E-state index in [1.54, 1.807) is 6.07 Å². The Morgan fingerprint density at radius 1 is 1.39 bits per heavy atom. The predicted octanol–water partition coefficient (Wildman–Crippen LogP) is 0.339. The van der Waals surface area contributed by atoms with E-state index in [9.17, 15) is 10.2 Å². The van der Waals surface area contributed by atoms with Gasteiger partial charge in [0.1, 0.15) is 0 Å². The van der Waals surface area contributed by atoms with E-state index < -0.39 is 0 Å². The zero-order valence-corrected chi connectivity index (χ0v) is 10.6. The minimum absolute atomic E-state index is 0.0132. The first-order chi connectivity index (χ1) is 8.77. The van der Waals surface area contributed by atoms with Crippen molar-refractivity contribution in [3.8, 4) is 11.5 Å². The highest BCUT2D eigenvalue weighted by atomic mass is 16.5. The van der Waals surface area contributed by atoms with Gasteiger partial charge in [0.2, 0.25) is 0 Å². The molecule has 0 radical (unpaired) electrons. The Bertz CT molecular complexity index is 392. The number of aliphatic hydroxyl groups excluding tert-OH is 1. The van der Waals surface area contributed by atoms with Crippen LogP contribution >= 0.6 is 0 Å². The number of aliphatic hydroxyl groups is 1. The number of piperazine rings is 1. The molecule has 2 rings (SSSR count). The Morgan fingerprint density at radius 2 is 2.11 bits per heavy atom. The number of benzene rings is 1. The van der Waals surface area contributed by atoms with E-state index >= 15 is 0 Å². The molecule has 1 saturated heterocycles. The molecule has 0 amide bonds. The summed E-state index contributed by atoms with van der Waals surface area (Å²) >= 11 is 0. The Balaban J connectivity index is 2.26. The van der Waals surface area contributed by atoms with Crippen LogP contribution < -0.4 is 10.1 Å². The second kappa shape index (κ2) is 6.04. The molecule has 3 N–H and O–H groups in total. The average Bonchev–Trinajstić information content (AvgIpc) is 2.43. The van der Waals surface area contributed by atoms with E-state index in [0.717, 1.165) is 31.7 Å². The lowest BCUT2D eigenvalue weighted by atomic mass is 10.0. The Labute approximate surface area is 107 Å². The van der Waals surface area contributed by atoms with Crippen molar-refractivity contribution in [1.29, 1.82) is 0 Å². The lowest BCUT2D eigenvalue weighted by molar-refractivity contribution is 0.108. The van der Waals surface area contributed by atoms with Gasteiger partial charge in [0, 0.05) is 31.7 Å². The molecule has 0 aromatic heterocycles. The first-order valence-corrected chi connectivity index (χ1v) is 6.19. The van der Waals surface area contributed by atoms with Gasteiger partial charge in [0.25, 0.3) is 0 Å². The Morgan fingerprint density at radius 3 is 2.72 bits per heavy atom. The average molecular weight is 252 g/mol. The van der Waals surface area contributed by atoms with Crippen LogP contribution in [-0.2, 0) is 0 Å². The summed E-state index contributed by atoms with van der Waals surface area (Å²) < 4.78 is 5.11. The smallest absolute Gasteiger partial charge is 0.162 e. The summed E-state index contributed by atoms with van der Waals surface area (Å²) in [7, 11) is 1.53. The molecule has 0 saturated carbocycles. The van der Waals surface area contributed by atoms with Crippen LogP contribution in [0.2, 0.25) is 0 Å². The van der Waals surface area contributed by atoms with Crippen LogP contribution in [0.1, 0.15) is 11.6 Å². The highest BCUT2D eigenvalue weighted by molar-refractivity contribution is 5.47. The molecule has 1 fully saturated rings. The maximum absolute atomic E-state index is 10.1. The Kier molecular flexibility index (Phi) is 4.41. The molecule has 0 bridgehead atoms. The third kappa shape index (κ3) is 2.58. The standard InChI is InChI=1S/C13H20N2O3/c1-18-12-4-2-3-10(13(12)17)11(9-16)15-7-5-14-6-8-15/h2-4,11,14,16-17H,5-9H2,1H3/t11-/m1/s1. The minimum Gasteiger partial charge on any atom is -0.504 e. The number of phenolic OH excluding ortho intramolecular Hbond substituents is 1. The van der Waals surface area contributed by atoms with Crippen LogP contribution in [-0.4, -0.2) is 55.0 Å². The molecule has 1 aromatic carbocycles. The number of methoxy groups -OCH3 is 1. The van der Waals surface area contributed by atoms with Gasteiger partial charge >= 0.3 is 0 Å². The number of nitrogens with one attached hydrogen (secondary N) is 1. The van der Waals surface area contributed by atoms with Crippen molar-refractivity contribution in [3.05, 3.63) is 23.8 Å². The summed E-state index contributed by atoms with van der Waals surface area (Å²) in [6.45, 7) is 3.52. The molecule has 1 aliphatic rings. The largest absolute Gasteiger partial charge is 0.504 e. The lowest BCUT2D eigenvalue weighted by Crippen LogP contribution is -2.46. The van der Waals surface area contributed by atoms with Gasteiger partial charge in [0.05, 0.1) is 19.8 Å². The van der Waals surface area contributed by atoms with Gasteiger partial charge in [-0.2, -0.15) is 0 Å². The molecular formula is C13H20N2O3. The SMILES string of the molecule is COc1cccc([C@@H](CO)N2CCNCC2)c1O. The van der Waals surface area contributed by atoms with E-state index in [0.29, 0.717) is 5.75 Å². The second-order valence-corrected chi connectivity index (χ2v) is 4.38. The van der Waals surface area contributed by atoms with Crippen LogP contribution in [0.25, 0.3) is 0 Å². The molecule has 1 atom stereocenters. The van der Waals surface area contributed by atoms with E-state index in [-0.39, 0.29) is 18.4 Å². The maximum Gasteiger partial charge on any atom is 0.162 e. The quantitative estimate of drug-likeness (QED) is 0.721. The van der Waals surface area contributed by atoms with E-state index in [1.807, 2.05) is 12.1 Å². The third-order valence-corrected chi connectivity index (χ3v) is 3.37. The molecule has 18 heavy (non-hydrogen) atoms. The van der Waals surface area contributed by atoms with Crippen LogP contribution in [0.5, 0.6) is 11.5 Å². The molecule has 1 aliphatic heterocycles. The molecule has 5 heteroatoms. The molecule has 100 valence electrons. The fourth-order valence-electron chi connectivity index (χ4n) is 2.38.